The molecule has 2 aliphatic rings. The minimum absolute atomic E-state index is 0.00309. The molecule has 0 aliphatic carbocycles. The van der Waals surface area contributed by atoms with Crippen LogP contribution < -0.4 is 15.5 Å². The molecule has 0 saturated carbocycles. The maximum atomic E-state index is 13.7. The van der Waals surface area contributed by atoms with Gasteiger partial charge < -0.3 is 25.3 Å². The van der Waals surface area contributed by atoms with Gasteiger partial charge in [0.15, 0.2) is 0 Å². The van der Waals surface area contributed by atoms with Crippen LogP contribution in [0.15, 0.2) is 48.5 Å². The minimum Gasteiger partial charge on any atom is -0.352 e. The number of carbonyl (C=O) groups excluding carboxylic acids is 3. The number of nitrogens with zero attached hydrogens (tertiary/aromatic N) is 3. The summed E-state index contributed by atoms with van der Waals surface area (Å²) in [5.74, 6) is -0.262. The maximum Gasteiger partial charge on any atom is 0.321 e. The number of likely N-dealkylation sites (tertiary alicyclic amines) is 1. The number of halogens is 2. The molecule has 0 bridgehead atoms. The highest BCUT2D eigenvalue weighted by Gasteiger charge is 2.54. The quantitative estimate of drug-likeness (QED) is 0.622. The van der Waals surface area contributed by atoms with Gasteiger partial charge in [-0.15, -0.1) is 0 Å². The topological polar surface area (TPSA) is 85.0 Å². The second kappa shape index (κ2) is 10.3. The predicted molar refractivity (Wildman–Crippen MR) is 138 cm³/mol. The smallest absolute Gasteiger partial charge is 0.321 e. The van der Waals surface area contributed by atoms with Crippen molar-refractivity contribution in [3.8, 4) is 0 Å². The van der Waals surface area contributed by atoms with Crippen molar-refractivity contribution < 1.29 is 14.4 Å². The van der Waals surface area contributed by atoms with Crippen molar-refractivity contribution in [2.75, 3.05) is 36.5 Å². The number of benzene rings is 2. The number of anilines is 2. The van der Waals surface area contributed by atoms with E-state index in [0.717, 1.165) is 5.69 Å². The van der Waals surface area contributed by atoms with Gasteiger partial charge >= 0.3 is 6.03 Å². The zero-order chi connectivity index (χ0) is 25.2. The first kappa shape index (κ1) is 25.1. The fourth-order valence-electron chi connectivity index (χ4n) is 4.72. The fourth-order valence-corrected chi connectivity index (χ4v) is 5.02. The summed E-state index contributed by atoms with van der Waals surface area (Å²) in [6.45, 7) is 4.90. The molecular formula is C25H29Cl2N5O3. The van der Waals surface area contributed by atoms with E-state index >= 15 is 0 Å². The van der Waals surface area contributed by atoms with E-state index in [9.17, 15) is 14.4 Å². The van der Waals surface area contributed by atoms with Crippen LogP contribution in [0.3, 0.4) is 0 Å². The van der Waals surface area contributed by atoms with E-state index in [2.05, 4.69) is 15.5 Å². The summed E-state index contributed by atoms with van der Waals surface area (Å²) in [5.41, 5.74) is 0.663. The lowest BCUT2D eigenvalue weighted by atomic mass is 9.85. The molecule has 35 heavy (non-hydrogen) atoms. The Morgan fingerprint density at radius 3 is 2.34 bits per heavy atom. The highest BCUT2D eigenvalue weighted by molar-refractivity contribution is 6.42. The molecule has 8 nitrogen and oxygen atoms in total. The van der Waals surface area contributed by atoms with Crippen LogP contribution in [0, 0.1) is 0 Å². The van der Waals surface area contributed by atoms with E-state index in [1.807, 2.05) is 44.2 Å². The van der Waals surface area contributed by atoms with Gasteiger partial charge in [0.1, 0.15) is 12.1 Å². The normalized spacial score (nSPS) is 17.3. The van der Waals surface area contributed by atoms with Gasteiger partial charge in [0, 0.05) is 30.5 Å². The minimum atomic E-state index is -0.806. The molecule has 4 rings (SSSR count). The van der Waals surface area contributed by atoms with Gasteiger partial charge in [-0.3, -0.25) is 9.59 Å². The van der Waals surface area contributed by atoms with Crippen LogP contribution in [0.2, 0.25) is 10.0 Å². The molecule has 0 unspecified atom stereocenters. The molecule has 2 fully saturated rings. The van der Waals surface area contributed by atoms with Crippen LogP contribution >= 0.6 is 23.2 Å². The molecule has 0 aromatic heterocycles. The Labute approximate surface area is 215 Å². The highest BCUT2D eigenvalue weighted by atomic mass is 35.5. The Kier molecular flexibility index (Phi) is 7.42. The largest absolute Gasteiger partial charge is 0.352 e. The van der Waals surface area contributed by atoms with Crippen molar-refractivity contribution >= 4 is 52.4 Å². The van der Waals surface area contributed by atoms with Crippen molar-refractivity contribution in [1.29, 1.82) is 0 Å². The highest BCUT2D eigenvalue weighted by Crippen LogP contribution is 2.39. The van der Waals surface area contributed by atoms with Gasteiger partial charge in [0.25, 0.3) is 5.91 Å². The Morgan fingerprint density at radius 1 is 1.03 bits per heavy atom. The van der Waals surface area contributed by atoms with Gasteiger partial charge in [0.2, 0.25) is 5.91 Å². The maximum absolute atomic E-state index is 13.7. The van der Waals surface area contributed by atoms with E-state index < -0.39 is 5.54 Å². The molecule has 0 radical (unpaired) electrons. The summed E-state index contributed by atoms with van der Waals surface area (Å²) in [5, 5.41) is 6.48. The summed E-state index contributed by atoms with van der Waals surface area (Å²) in [6.07, 6.45) is 0.912. The van der Waals surface area contributed by atoms with Crippen LogP contribution in [-0.2, 0) is 9.59 Å². The summed E-state index contributed by atoms with van der Waals surface area (Å²) in [7, 11) is 0. The average molecular weight is 518 g/mol. The average Bonchev–Trinajstić information content (AvgIpc) is 3.08. The van der Waals surface area contributed by atoms with Gasteiger partial charge in [-0.2, -0.15) is 0 Å². The molecule has 10 heteroatoms. The monoisotopic (exact) mass is 517 g/mol. The van der Waals surface area contributed by atoms with Crippen LogP contribution in [-0.4, -0.2) is 65.5 Å². The Hall–Kier alpha value is -2.97. The van der Waals surface area contributed by atoms with Crippen molar-refractivity contribution in [3.05, 3.63) is 58.6 Å². The Bertz CT molecular complexity index is 1100. The summed E-state index contributed by atoms with van der Waals surface area (Å²) >= 11 is 12.0. The fraction of sp³-hybridized carbons (Fsp3) is 0.400. The van der Waals surface area contributed by atoms with Crippen molar-refractivity contribution in [2.45, 2.75) is 38.3 Å². The summed E-state index contributed by atoms with van der Waals surface area (Å²) in [4.78, 5) is 44.4. The number of hydrogen-bond donors (Lipinski definition) is 2. The molecule has 2 N–H and O–H groups in total. The Balaban J connectivity index is 1.49. The first-order chi connectivity index (χ1) is 16.7. The first-order valence-electron chi connectivity index (χ1n) is 11.6. The van der Waals surface area contributed by atoms with Crippen molar-refractivity contribution in [1.82, 2.24) is 15.1 Å². The number of carbonyl (C=O) groups is 3. The van der Waals surface area contributed by atoms with Gasteiger partial charge in [0.05, 0.1) is 16.7 Å². The molecule has 4 amide bonds. The summed E-state index contributed by atoms with van der Waals surface area (Å²) < 4.78 is 0. The van der Waals surface area contributed by atoms with E-state index in [1.165, 1.54) is 0 Å². The molecule has 2 aromatic rings. The SMILES string of the molecule is CC(C)NC(=O)CN1CN(c2ccccc2)C2(CCN(C(=O)Nc3ccc(Cl)c(Cl)c3)CC2)C1=O. The van der Waals surface area contributed by atoms with Gasteiger partial charge in [-0.05, 0) is 57.0 Å². The molecule has 2 heterocycles. The molecule has 2 aromatic carbocycles. The number of urea groups is 1. The van der Waals surface area contributed by atoms with Crippen LogP contribution in [0.4, 0.5) is 16.2 Å². The number of piperidine rings is 1. The molecule has 186 valence electrons. The lowest BCUT2D eigenvalue weighted by Gasteiger charge is -2.43. The second-order valence-corrected chi connectivity index (χ2v) is 10.0. The molecule has 0 atom stereocenters. The molecule has 2 saturated heterocycles. The third kappa shape index (κ3) is 5.33. The predicted octanol–water partition coefficient (Wildman–Crippen LogP) is 4.19. The zero-order valence-electron chi connectivity index (χ0n) is 19.8. The number of amides is 4. The zero-order valence-corrected chi connectivity index (χ0v) is 21.3. The van der Waals surface area contributed by atoms with E-state index in [4.69, 9.17) is 23.2 Å². The number of nitrogens with one attached hydrogen (secondary N) is 2. The van der Waals surface area contributed by atoms with E-state index in [0.29, 0.717) is 48.3 Å². The summed E-state index contributed by atoms with van der Waals surface area (Å²) in [6, 6.07) is 14.4. The molecule has 2 aliphatic heterocycles. The first-order valence-corrected chi connectivity index (χ1v) is 12.4. The van der Waals surface area contributed by atoms with Crippen LogP contribution in [0.25, 0.3) is 0 Å². The van der Waals surface area contributed by atoms with Gasteiger partial charge in [-0.1, -0.05) is 41.4 Å². The lowest BCUT2D eigenvalue weighted by molar-refractivity contribution is -0.137. The van der Waals surface area contributed by atoms with Crippen LogP contribution in [0.5, 0.6) is 0 Å². The number of rotatable bonds is 5. The third-order valence-corrected chi connectivity index (χ3v) is 7.15. The van der Waals surface area contributed by atoms with E-state index in [1.54, 1.807) is 28.0 Å². The van der Waals surface area contributed by atoms with E-state index in [-0.39, 0.29) is 30.4 Å². The Morgan fingerprint density at radius 2 is 1.71 bits per heavy atom. The number of hydrogen-bond acceptors (Lipinski definition) is 4. The third-order valence-electron chi connectivity index (χ3n) is 6.41. The number of para-hydroxylation sites is 1. The molecular weight excluding hydrogens is 489 g/mol. The van der Waals surface area contributed by atoms with Crippen molar-refractivity contribution in [2.24, 2.45) is 0 Å². The molecule has 1 spiro atoms. The van der Waals surface area contributed by atoms with Crippen LogP contribution in [0.1, 0.15) is 26.7 Å². The second-order valence-electron chi connectivity index (χ2n) is 9.21. The standard InChI is InChI=1S/C25H29Cl2N5O3/c1-17(2)28-22(33)15-31-16-32(19-6-4-3-5-7-19)25(23(31)34)10-12-30(13-11-25)24(35)29-18-8-9-20(26)21(27)14-18/h3-9,14,17H,10-13,15-16H2,1-2H3,(H,28,33)(H,29,35). The van der Waals surface area contributed by atoms with Crippen molar-refractivity contribution in [3.63, 3.8) is 0 Å². The van der Waals surface area contributed by atoms with Gasteiger partial charge in [-0.25, -0.2) is 4.79 Å². The lowest BCUT2D eigenvalue weighted by Crippen LogP contribution is -2.58.